The first-order valence-corrected chi connectivity index (χ1v) is 6.60. The van der Waals surface area contributed by atoms with Crippen LogP contribution in [0.15, 0.2) is 54.2 Å². The van der Waals surface area contributed by atoms with Gasteiger partial charge < -0.3 is 20.3 Å². The largest absolute Gasteiger partial charge is 0.508 e. The minimum absolute atomic E-state index is 0.0428. The van der Waals surface area contributed by atoms with Gasteiger partial charge in [-0.2, -0.15) is 0 Å². The molecular weight excluding hydrogens is 284 g/mol. The van der Waals surface area contributed by atoms with Crippen molar-refractivity contribution in [2.75, 3.05) is 7.11 Å². The van der Waals surface area contributed by atoms with Crippen LogP contribution in [0.2, 0.25) is 0 Å². The third kappa shape index (κ3) is 2.24. The zero-order valence-electron chi connectivity index (χ0n) is 11.8. The third-order valence-corrected chi connectivity index (χ3v) is 3.51. The molecule has 0 radical (unpaired) electrons. The number of carbonyl (C=O) groups is 1. The predicted octanol–water partition coefficient (Wildman–Crippen LogP) is 1.65. The number of aromatic hydroxyl groups is 1. The molecule has 1 aliphatic rings. The quantitative estimate of drug-likeness (QED) is 0.819. The highest BCUT2D eigenvalue weighted by atomic mass is 16.5. The smallest absolute Gasteiger partial charge is 0.340 e. The maximum atomic E-state index is 12.1. The molecule has 1 atom stereocenters. The Morgan fingerprint density at radius 2 is 2.23 bits per heavy atom. The summed E-state index contributed by atoms with van der Waals surface area (Å²) in [5.41, 5.74) is 7.61. The number of pyridine rings is 1. The van der Waals surface area contributed by atoms with Gasteiger partial charge in [-0.1, -0.05) is 12.1 Å². The highest BCUT2D eigenvalue weighted by Crippen LogP contribution is 2.43. The van der Waals surface area contributed by atoms with Crippen molar-refractivity contribution in [1.29, 1.82) is 0 Å². The van der Waals surface area contributed by atoms with Crippen LogP contribution in [-0.4, -0.2) is 23.2 Å². The maximum Gasteiger partial charge on any atom is 0.340 e. The summed E-state index contributed by atoms with van der Waals surface area (Å²) in [6.07, 6.45) is 3.30. The molecule has 0 spiro atoms. The fourth-order valence-electron chi connectivity index (χ4n) is 2.54. The van der Waals surface area contributed by atoms with Gasteiger partial charge in [-0.3, -0.25) is 4.98 Å². The third-order valence-electron chi connectivity index (χ3n) is 3.51. The number of carbonyl (C=O) groups excluding carboxylic acids is 1. The van der Waals surface area contributed by atoms with Gasteiger partial charge in [0.2, 0.25) is 5.88 Å². The fraction of sp³-hybridized carbons (Fsp3) is 0.125. The summed E-state index contributed by atoms with van der Waals surface area (Å²) in [7, 11) is 1.29. The topological polar surface area (TPSA) is 94.7 Å². The van der Waals surface area contributed by atoms with E-state index in [0.717, 1.165) is 5.56 Å². The number of phenols is 1. The molecule has 0 saturated carbocycles. The average Bonchev–Trinajstić information content (AvgIpc) is 2.53. The molecule has 0 aliphatic carbocycles. The second-order valence-corrected chi connectivity index (χ2v) is 4.81. The number of methoxy groups -OCH3 is 1. The standard InChI is InChI=1S/C16H14N2O4/c1-21-16(20)14-13(9-3-2-6-18-8-9)11-5-4-10(19)7-12(11)22-15(14)17/h2-8,13,19H,17H2,1H3. The van der Waals surface area contributed by atoms with Gasteiger partial charge >= 0.3 is 5.97 Å². The minimum atomic E-state index is -0.565. The Bertz CT molecular complexity index is 756. The number of fused-ring (bicyclic) bond motifs is 1. The number of benzene rings is 1. The molecule has 3 rings (SSSR count). The molecular formula is C16H14N2O4. The Labute approximate surface area is 126 Å². The van der Waals surface area contributed by atoms with Crippen LogP contribution in [0.25, 0.3) is 0 Å². The maximum absolute atomic E-state index is 12.1. The molecule has 1 unspecified atom stereocenters. The van der Waals surface area contributed by atoms with Crippen LogP contribution in [0.5, 0.6) is 11.5 Å². The van der Waals surface area contributed by atoms with Crippen molar-refractivity contribution in [2.24, 2.45) is 5.73 Å². The molecule has 22 heavy (non-hydrogen) atoms. The highest BCUT2D eigenvalue weighted by molar-refractivity contribution is 5.92. The normalized spacial score (nSPS) is 16.7. The SMILES string of the molecule is COC(=O)C1=C(N)Oc2cc(O)ccc2C1c1cccnc1. The lowest BCUT2D eigenvalue weighted by Crippen LogP contribution is -2.26. The highest BCUT2D eigenvalue weighted by Gasteiger charge is 2.35. The lowest BCUT2D eigenvalue weighted by atomic mass is 9.83. The summed E-state index contributed by atoms with van der Waals surface area (Å²) in [5, 5.41) is 9.61. The molecule has 0 saturated heterocycles. The van der Waals surface area contributed by atoms with Gasteiger partial charge in [0.15, 0.2) is 0 Å². The first kappa shape index (κ1) is 13.9. The Morgan fingerprint density at radius 1 is 1.41 bits per heavy atom. The van der Waals surface area contributed by atoms with E-state index in [4.69, 9.17) is 15.2 Å². The van der Waals surface area contributed by atoms with Crippen molar-refractivity contribution >= 4 is 5.97 Å². The fourth-order valence-corrected chi connectivity index (χ4v) is 2.54. The molecule has 0 bridgehead atoms. The van der Waals surface area contributed by atoms with E-state index in [-0.39, 0.29) is 17.2 Å². The van der Waals surface area contributed by atoms with Crippen LogP contribution in [0.4, 0.5) is 0 Å². The van der Waals surface area contributed by atoms with Crippen molar-refractivity contribution in [3.63, 3.8) is 0 Å². The summed E-state index contributed by atoms with van der Waals surface area (Å²) in [5.74, 6) is -0.619. The zero-order valence-corrected chi connectivity index (χ0v) is 11.8. The van der Waals surface area contributed by atoms with Crippen LogP contribution in [0.1, 0.15) is 17.0 Å². The average molecular weight is 298 g/mol. The van der Waals surface area contributed by atoms with Crippen molar-refractivity contribution in [1.82, 2.24) is 4.98 Å². The number of aromatic nitrogens is 1. The predicted molar refractivity (Wildman–Crippen MR) is 78.0 cm³/mol. The Hall–Kier alpha value is -3.02. The molecule has 3 N–H and O–H groups in total. The van der Waals surface area contributed by atoms with E-state index in [1.807, 2.05) is 6.07 Å². The molecule has 0 amide bonds. The van der Waals surface area contributed by atoms with E-state index in [2.05, 4.69) is 4.98 Å². The van der Waals surface area contributed by atoms with Crippen LogP contribution in [0.3, 0.4) is 0 Å². The van der Waals surface area contributed by atoms with Crippen LogP contribution in [0, 0.1) is 0 Å². The second kappa shape index (κ2) is 5.40. The molecule has 112 valence electrons. The van der Waals surface area contributed by atoms with Crippen molar-refractivity contribution in [3.05, 3.63) is 65.3 Å². The molecule has 2 aromatic rings. The van der Waals surface area contributed by atoms with Gasteiger partial charge in [-0.15, -0.1) is 0 Å². The first-order valence-electron chi connectivity index (χ1n) is 6.60. The van der Waals surface area contributed by atoms with Crippen LogP contribution < -0.4 is 10.5 Å². The van der Waals surface area contributed by atoms with Gasteiger partial charge in [0, 0.05) is 24.0 Å². The van der Waals surface area contributed by atoms with E-state index in [0.29, 0.717) is 11.3 Å². The summed E-state index contributed by atoms with van der Waals surface area (Å²) in [6, 6.07) is 8.30. The number of esters is 1. The molecule has 6 heteroatoms. The summed E-state index contributed by atoms with van der Waals surface area (Å²) >= 11 is 0. The molecule has 1 aromatic heterocycles. The molecule has 2 heterocycles. The lowest BCUT2D eigenvalue weighted by Gasteiger charge is -2.28. The molecule has 6 nitrogen and oxygen atoms in total. The first-order chi connectivity index (χ1) is 10.6. The number of nitrogens with two attached hydrogens (primary N) is 1. The van der Waals surface area contributed by atoms with Crippen LogP contribution >= 0.6 is 0 Å². The lowest BCUT2D eigenvalue weighted by molar-refractivity contribution is -0.136. The Morgan fingerprint density at radius 3 is 2.91 bits per heavy atom. The number of rotatable bonds is 2. The number of phenolic OH excluding ortho intramolecular Hbond substituents is 1. The van der Waals surface area contributed by atoms with E-state index in [9.17, 15) is 9.90 Å². The van der Waals surface area contributed by atoms with E-state index in [1.54, 1.807) is 24.5 Å². The van der Waals surface area contributed by atoms with Gasteiger partial charge in [-0.05, 0) is 17.7 Å². The van der Waals surface area contributed by atoms with Crippen molar-refractivity contribution < 1.29 is 19.4 Å². The van der Waals surface area contributed by atoms with Gasteiger partial charge in [0.1, 0.15) is 17.1 Å². The monoisotopic (exact) mass is 298 g/mol. The second-order valence-electron chi connectivity index (χ2n) is 4.81. The van der Waals surface area contributed by atoms with Crippen molar-refractivity contribution in [2.45, 2.75) is 5.92 Å². The molecule has 1 aromatic carbocycles. The number of hydrogen-bond acceptors (Lipinski definition) is 6. The zero-order chi connectivity index (χ0) is 15.7. The Kier molecular flexibility index (Phi) is 3.42. The van der Waals surface area contributed by atoms with E-state index < -0.39 is 11.9 Å². The molecule has 0 fully saturated rings. The van der Waals surface area contributed by atoms with E-state index >= 15 is 0 Å². The minimum Gasteiger partial charge on any atom is -0.508 e. The van der Waals surface area contributed by atoms with Crippen molar-refractivity contribution in [3.8, 4) is 11.5 Å². The van der Waals surface area contributed by atoms with Gasteiger partial charge in [0.05, 0.1) is 13.0 Å². The van der Waals surface area contributed by atoms with E-state index in [1.165, 1.54) is 19.2 Å². The van der Waals surface area contributed by atoms with Gasteiger partial charge in [0.25, 0.3) is 0 Å². The number of hydrogen-bond donors (Lipinski definition) is 2. The van der Waals surface area contributed by atoms with Crippen LogP contribution in [-0.2, 0) is 9.53 Å². The number of ether oxygens (including phenoxy) is 2. The summed E-state index contributed by atoms with van der Waals surface area (Å²) < 4.78 is 10.3. The number of nitrogens with zero attached hydrogens (tertiary/aromatic N) is 1. The van der Waals surface area contributed by atoms with Gasteiger partial charge in [-0.25, -0.2) is 4.79 Å². The summed E-state index contributed by atoms with van der Waals surface area (Å²) in [6.45, 7) is 0. The Balaban J connectivity index is 2.22. The summed E-state index contributed by atoms with van der Waals surface area (Å²) in [4.78, 5) is 16.2. The molecule has 1 aliphatic heterocycles.